The quantitative estimate of drug-likeness (QED) is 0.507. The summed E-state index contributed by atoms with van der Waals surface area (Å²) in [5, 5.41) is 0. The molecule has 0 aliphatic rings. The van der Waals surface area contributed by atoms with Crippen molar-refractivity contribution in [2.24, 2.45) is 11.8 Å². The van der Waals surface area contributed by atoms with Gasteiger partial charge in [-0.2, -0.15) is 0 Å². The Hall–Kier alpha value is -0.520. The lowest BCUT2D eigenvalue weighted by atomic mass is 10.1. The second-order valence-corrected chi connectivity index (χ2v) is 2.72. The lowest BCUT2D eigenvalue weighted by Gasteiger charge is -1.97. The second kappa shape index (κ2) is 4.37. The molecule has 52 valence electrons. The SMILES string of the molecule is C=CC(C)/C=C\C(C)C. The first-order chi connectivity index (χ1) is 4.16. The van der Waals surface area contributed by atoms with Crippen LogP contribution in [0.3, 0.4) is 0 Å². The highest BCUT2D eigenvalue weighted by atomic mass is 13.9. The Kier molecular flexibility index (Phi) is 4.12. The van der Waals surface area contributed by atoms with E-state index < -0.39 is 0 Å². The van der Waals surface area contributed by atoms with Gasteiger partial charge < -0.3 is 0 Å². The van der Waals surface area contributed by atoms with Crippen molar-refractivity contribution < 1.29 is 0 Å². The van der Waals surface area contributed by atoms with Crippen LogP contribution in [0.15, 0.2) is 24.8 Å². The normalized spacial score (nSPS) is 14.7. The van der Waals surface area contributed by atoms with Gasteiger partial charge in [0.25, 0.3) is 0 Å². The molecule has 0 bridgehead atoms. The first-order valence-electron chi connectivity index (χ1n) is 3.47. The molecule has 0 aromatic carbocycles. The van der Waals surface area contributed by atoms with Crippen molar-refractivity contribution in [3.05, 3.63) is 24.8 Å². The summed E-state index contributed by atoms with van der Waals surface area (Å²) in [7, 11) is 0. The molecule has 0 aliphatic carbocycles. The monoisotopic (exact) mass is 124 g/mol. The molecule has 1 unspecified atom stereocenters. The van der Waals surface area contributed by atoms with Gasteiger partial charge in [-0.25, -0.2) is 0 Å². The maximum Gasteiger partial charge on any atom is -0.00845 e. The van der Waals surface area contributed by atoms with Gasteiger partial charge in [0.1, 0.15) is 0 Å². The van der Waals surface area contributed by atoms with E-state index >= 15 is 0 Å². The van der Waals surface area contributed by atoms with Gasteiger partial charge in [-0.3, -0.25) is 0 Å². The van der Waals surface area contributed by atoms with Crippen molar-refractivity contribution in [1.82, 2.24) is 0 Å². The molecule has 0 aromatic heterocycles. The standard InChI is InChI=1S/C9H16/c1-5-9(4)7-6-8(2)3/h5-9H,1H2,2-4H3/b7-6-. The predicted octanol–water partition coefficient (Wildman–Crippen LogP) is 3.02. The van der Waals surface area contributed by atoms with E-state index in [0.717, 1.165) is 0 Å². The van der Waals surface area contributed by atoms with Crippen LogP contribution in [0, 0.1) is 11.8 Å². The summed E-state index contributed by atoms with van der Waals surface area (Å²) in [5.74, 6) is 1.18. The number of hydrogen-bond donors (Lipinski definition) is 0. The molecule has 0 aliphatic heterocycles. The van der Waals surface area contributed by atoms with E-state index in [4.69, 9.17) is 0 Å². The summed E-state index contributed by atoms with van der Waals surface area (Å²) in [4.78, 5) is 0. The number of rotatable bonds is 3. The molecule has 0 fully saturated rings. The van der Waals surface area contributed by atoms with E-state index in [1.807, 2.05) is 6.08 Å². The van der Waals surface area contributed by atoms with Gasteiger partial charge in [0, 0.05) is 0 Å². The third-order valence-electron chi connectivity index (χ3n) is 1.17. The Bertz CT molecular complexity index is 98.6. The molecule has 0 heteroatoms. The summed E-state index contributed by atoms with van der Waals surface area (Å²) in [5.41, 5.74) is 0. The van der Waals surface area contributed by atoms with Gasteiger partial charge >= 0.3 is 0 Å². The highest BCUT2D eigenvalue weighted by molar-refractivity contribution is 4.95. The second-order valence-electron chi connectivity index (χ2n) is 2.72. The van der Waals surface area contributed by atoms with Crippen molar-refractivity contribution in [1.29, 1.82) is 0 Å². The molecule has 0 aromatic rings. The molecule has 0 heterocycles. The first-order valence-corrected chi connectivity index (χ1v) is 3.47. The minimum atomic E-state index is 0.521. The van der Waals surface area contributed by atoms with Crippen LogP contribution in [0.25, 0.3) is 0 Å². The van der Waals surface area contributed by atoms with E-state index in [-0.39, 0.29) is 0 Å². The maximum absolute atomic E-state index is 3.69. The molecule has 0 N–H and O–H groups in total. The lowest BCUT2D eigenvalue weighted by molar-refractivity contribution is 0.811. The third kappa shape index (κ3) is 5.35. The van der Waals surface area contributed by atoms with Gasteiger partial charge in [0.2, 0.25) is 0 Å². The zero-order valence-corrected chi connectivity index (χ0v) is 6.59. The zero-order valence-electron chi connectivity index (χ0n) is 6.59. The Morgan fingerprint density at radius 3 is 2.00 bits per heavy atom. The van der Waals surface area contributed by atoms with Crippen molar-refractivity contribution in [2.75, 3.05) is 0 Å². The molecule has 0 radical (unpaired) electrons. The van der Waals surface area contributed by atoms with E-state index in [1.165, 1.54) is 0 Å². The van der Waals surface area contributed by atoms with Gasteiger partial charge in [-0.15, -0.1) is 6.58 Å². The molecule has 0 nitrogen and oxygen atoms in total. The van der Waals surface area contributed by atoms with Crippen LogP contribution in [0.5, 0.6) is 0 Å². The number of allylic oxidation sites excluding steroid dienone is 3. The van der Waals surface area contributed by atoms with Gasteiger partial charge in [0.05, 0.1) is 0 Å². The molecular weight excluding hydrogens is 108 g/mol. The minimum absolute atomic E-state index is 0.521. The predicted molar refractivity (Wildman–Crippen MR) is 43.3 cm³/mol. The lowest BCUT2D eigenvalue weighted by Crippen LogP contribution is -1.83. The first kappa shape index (κ1) is 8.48. The topological polar surface area (TPSA) is 0 Å². The largest absolute Gasteiger partial charge is 0.102 e. The summed E-state index contributed by atoms with van der Waals surface area (Å²) < 4.78 is 0. The molecular formula is C9H16. The Labute approximate surface area is 58.3 Å². The van der Waals surface area contributed by atoms with Crippen LogP contribution in [-0.4, -0.2) is 0 Å². The third-order valence-corrected chi connectivity index (χ3v) is 1.17. The summed E-state index contributed by atoms with van der Waals surface area (Å²) in [6.07, 6.45) is 6.32. The van der Waals surface area contributed by atoms with Crippen LogP contribution in [0.4, 0.5) is 0 Å². The van der Waals surface area contributed by atoms with E-state index in [2.05, 4.69) is 39.5 Å². The van der Waals surface area contributed by atoms with Crippen molar-refractivity contribution in [3.63, 3.8) is 0 Å². The highest BCUT2D eigenvalue weighted by Crippen LogP contribution is 2.01. The molecule has 1 atom stereocenters. The molecule has 0 spiro atoms. The van der Waals surface area contributed by atoms with Crippen molar-refractivity contribution in [3.8, 4) is 0 Å². The van der Waals surface area contributed by atoms with Crippen molar-refractivity contribution in [2.45, 2.75) is 20.8 Å². The minimum Gasteiger partial charge on any atom is -0.102 e. The van der Waals surface area contributed by atoms with Crippen molar-refractivity contribution >= 4 is 0 Å². The number of hydrogen-bond acceptors (Lipinski definition) is 0. The molecule has 0 saturated heterocycles. The van der Waals surface area contributed by atoms with Crippen LogP contribution in [-0.2, 0) is 0 Å². The van der Waals surface area contributed by atoms with E-state index in [1.54, 1.807) is 0 Å². The molecule has 0 saturated carbocycles. The Morgan fingerprint density at radius 1 is 1.11 bits per heavy atom. The maximum atomic E-state index is 3.69. The summed E-state index contributed by atoms with van der Waals surface area (Å²) in [6.45, 7) is 10.2. The molecule has 9 heavy (non-hydrogen) atoms. The molecule has 0 rings (SSSR count). The average Bonchev–Trinajstić information content (AvgIpc) is 1.83. The van der Waals surface area contributed by atoms with E-state index in [9.17, 15) is 0 Å². The fourth-order valence-electron chi connectivity index (χ4n) is 0.476. The van der Waals surface area contributed by atoms with E-state index in [0.29, 0.717) is 11.8 Å². The van der Waals surface area contributed by atoms with Crippen LogP contribution < -0.4 is 0 Å². The van der Waals surface area contributed by atoms with Crippen LogP contribution >= 0.6 is 0 Å². The van der Waals surface area contributed by atoms with Crippen LogP contribution in [0.2, 0.25) is 0 Å². The van der Waals surface area contributed by atoms with Gasteiger partial charge in [-0.05, 0) is 11.8 Å². The summed E-state index contributed by atoms with van der Waals surface area (Å²) in [6, 6.07) is 0. The summed E-state index contributed by atoms with van der Waals surface area (Å²) >= 11 is 0. The average molecular weight is 124 g/mol. The smallest absolute Gasteiger partial charge is 0.00845 e. The van der Waals surface area contributed by atoms with Gasteiger partial charge in [0.15, 0.2) is 0 Å². The molecule has 0 amide bonds. The van der Waals surface area contributed by atoms with Gasteiger partial charge in [-0.1, -0.05) is 39.0 Å². The fourth-order valence-corrected chi connectivity index (χ4v) is 0.476. The van der Waals surface area contributed by atoms with Crippen LogP contribution in [0.1, 0.15) is 20.8 Å². The zero-order chi connectivity index (χ0) is 7.28. The highest BCUT2D eigenvalue weighted by Gasteiger charge is 1.87. The Balaban J connectivity index is 3.56. The fraction of sp³-hybridized carbons (Fsp3) is 0.556. The Morgan fingerprint density at radius 2 is 1.67 bits per heavy atom.